The van der Waals surface area contributed by atoms with Gasteiger partial charge in [-0.1, -0.05) is 25.8 Å². The molecule has 0 aliphatic rings. The summed E-state index contributed by atoms with van der Waals surface area (Å²) in [6.07, 6.45) is 2.73. The van der Waals surface area contributed by atoms with E-state index >= 15 is 0 Å². The third-order valence-electron chi connectivity index (χ3n) is 3.92. The summed E-state index contributed by atoms with van der Waals surface area (Å²) in [4.78, 5) is 11.5. The van der Waals surface area contributed by atoms with Crippen LogP contribution in [-0.2, 0) is 4.79 Å². The zero-order chi connectivity index (χ0) is 13.9. The molecule has 0 bridgehead atoms. The van der Waals surface area contributed by atoms with Gasteiger partial charge in [0.1, 0.15) is 0 Å². The van der Waals surface area contributed by atoms with Crippen LogP contribution in [0.5, 0.6) is 0 Å². The van der Waals surface area contributed by atoms with Crippen molar-refractivity contribution in [3.63, 3.8) is 0 Å². The second kappa shape index (κ2) is 6.03. The Hall–Kier alpha value is -1.31. The van der Waals surface area contributed by atoms with Crippen molar-refractivity contribution >= 4 is 5.97 Å². The lowest BCUT2D eigenvalue weighted by Crippen LogP contribution is -2.15. The minimum Gasteiger partial charge on any atom is -0.481 e. The molecule has 1 aromatic rings. The number of rotatable bonds is 5. The van der Waals surface area contributed by atoms with Crippen LogP contribution in [-0.4, -0.2) is 11.1 Å². The molecule has 100 valence electrons. The molecule has 0 aliphatic carbocycles. The number of aliphatic carboxylic acids is 1. The van der Waals surface area contributed by atoms with Crippen LogP contribution in [0.3, 0.4) is 0 Å². The molecule has 0 heterocycles. The first-order chi connectivity index (χ1) is 8.40. The van der Waals surface area contributed by atoms with E-state index in [1.165, 1.54) is 11.1 Å². The average molecular weight is 248 g/mol. The van der Waals surface area contributed by atoms with Crippen molar-refractivity contribution in [1.82, 2.24) is 0 Å². The van der Waals surface area contributed by atoms with E-state index in [1.54, 1.807) is 0 Å². The van der Waals surface area contributed by atoms with Gasteiger partial charge in [0.25, 0.3) is 0 Å². The van der Waals surface area contributed by atoms with Gasteiger partial charge in [-0.15, -0.1) is 0 Å². The molecule has 0 radical (unpaired) electrons. The molecule has 0 aromatic heterocycles. The van der Waals surface area contributed by atoms with Crippen molar-refractivity contribution in [2.75, 3.05) is 0 Å². The first-order valence-electron chi connectivity index (χ1n) is 6.70. The second-order valence-corrected chi connectivity index (χ2v) is 5.21. The van der Waals surface area contributed by atoms with Crippen molar-refractivity contribution in [1.29, 1.82) is 0 Å². The number of carboxylic acid groups (broad SMARTS) is 1. The van der Waals surface area contributed by atoms with Crippen LogP contribution in [0.15, 0.2) is 6.07 Å². The third kappa shape index (κ3) is 2.92. The molecule has 0 amide bonds. The average Bonchev–Trinajstić information content (AvgIpc) is 2.30. The summed E-state index contributed by atoms with van der Waals surface area (Å²) < 4.78 is 0. The molecule has 1 aromatic carbocycles. The van der Waals surface area contributed by atoms with E-state index in [4.69, 9.17) is 0 Å². The van der Waals surface area contributed by atoms with Crippen molar-refractivity contribution < 1.29 is 9.90 Å². The van der Waals surface area contributed by atoms with E-state index in [0.717, 1.165) is 36.0 Å². The number of carbonyl (C=O) groups is 1. The van der Waals surface area contributed by atoms with Gasteiger partial charge in [0, 0.05) is 0 Å². The van der Waals surface area contributed by atoms with Gasteiger partial charge in [-0.25, -0.2) is 0 Å². The maximum Gasteiger partial charge on any atom is 0.310 e. The van der Waals surface area contributed by atoms with Gasteiger partial charge in [0.2, 0.25) is 0 Å². The molecule has 1 rings (SSSR count). The van der Waals surface area contributed by atoms with E-state index in [1.807, 2.05) is 13.8 Å². The fraction of sp³-hybridized carbons (Fsp3) is 0.562. The summed E-state index contributed by atoms with van der Waals surface area (Å²) in [6.45, 7) is 10.3. The van der Waals surface area contributed by atoms with Crippen molar-refractivity contribution in [2.24, 2.45) is 0 Å². The number of hydrogen-bond acceptors (Lipinski definition) is 1. The van der Waals surface area contributed by atoms with Crippen LogP contribution < -0.4 is 0 Å². The lowest BCUT2D eigenvalue weighted by Gasteiger charge is -2.21. The molecular weight excluding hydrogens is 224 g/mol. The summed E-state index contributed by atoms with van der Waals surface area (Å²) >= 11 is 0. The number of benzene rings is 1. The van der Waals surface area contributed by atoms with Crippen LogP contribution in [0.2, 0.25) is 0 Å². The molecule has 0 spiro atoms. The zero-order valence-corrected chi connectivity index (χ0v) is 12.1. The monoisotopic (exact) mass is 248 g/mol. The molecule has 0 saturated carbocycles. The molecule has 0 saturated heterocycles. The van der Waals surface area contributed by atoms with Gasteiger partial charge in [-0.2, -0.15) is 0 Å². The van der Waals surface area contributed by atoms with Crippen LogP contribution in [0, 0.1) is 27.7 Å². The van der Waals surface area contributed by atoms with Gasteiger partial charge >= 0.3 is 5.97 Å². The lowest BCUT2D eigenvalue weighted by molar-refractivity contribution is -0.139. The molecule has 1 atom stereocenters. The molecule has 18 heavy (non-hydrogen) atoms. The fourth-order valence-corrected chi connectivity index (χ4v) is 2.57. The zero-order valence-electron chi connectivity index (χ0n) is 12.1. The molecule has 0 fully saturated rings. The number of aryl methyl sites for hydroxylation is 2. The largest absolute Gasteiger partial charge is 0.481 e. The number of unbranched alkanes of at least 4 members (excludes halogenated alkanes) is 1. The summed E-state index contributed by atoms with van der Waals surface area (Å²) in [5.74, 6) is -1.05. The normalized spacial score (nSPS) is 12.5. The first-order valence-corrected chi connectivity index (χ1v) is 6.70. The Kier molecular flexibility index (Phi) is 4.94. The Morgan fingerprint density at radius 1 is 1.17 bits per heavy atom. The van der Waals surface area contributed by atoms with Crippen molar-refractivity contribution in [2.45, 2.75) is 59.8 Å². The fourth-order valence-electron chi connectivity index (χ4n) is 2.57. The van der Waals surface area contributed by atoms with Crippen LogP contribution in [0.25, 0.3) is 0 Å². The summed E-state index contributed by atoms with van der Waals surface area (Å²) in [5, 5.41) is 9.48. The van der Waals surface area contributed by atoms with Crippen LogP contribution >= 0.6 is 0 Å². The molecule has 1 unspecified atom stereocenters. The van der Waals surface area contributed by atoms with Gasteiger partial charge in [0.05, 0.1) is 5.92 Å². The summed E-state index contributed by atoms with van der Waals surface area (Å²) in [5.41, 5.74) is 5.70. The van der Waals surface area contributed by atoms with Crippen LogP contribution in [0.1, 0.15) is 59.9 Å². The summed E-state index contributed by atoms with van der Waals surface area (Å²) in [6, 6.07) is 2.15. The van der Waals surface area contributed by atoms with Crippen molar-refractivity contribution in [3.8, 4) is 0 Å². The highest BCUT2D eigenvalue weighted by Crippen LogP contribution is 2.32. The Bertz CT molecular complexity index is 421. The van der Waals surface area contributed by atoms with Gasteiger partial charge in [-0.05, 0) is 61.9 Å². The minimum absolute atomic E-state index is 0.358. The van der Waals surface area contributed by atoms with E-state index in [2.05, 4.69) is 26.8 Å². The highest BCUT2D eigenvalue weighted by Gasteiger charge is 2.24. The Labute approximate surface area is 110 Å². The van der Waals surface area contributed by atoms with Crippen molar-refractivity contribution in [3.05, 3.63) is 33.9 Å². The second-order valence-electron chi connectivity index (χ2n) is 5.21. The highest BCUT2D eigenvalue weighted by molar-refractivity contribution is 5.77. The SMILES string of the molecule is CCCCC(C(=O)O)c1c(C)c(C)cc(C)c1C. The number of carboxylic acids is 1. The van der Waals surface area contributed by atoms with Gasteiger partial charge < -0.3 is 5.11 Å². The quantitative estimate of drug-likeness (QED) is 0.844. The molecular formula is C16H24O2. The molecule has 0 aliphatic heterocycles. The Morgan fingerprint density at radius 3 is 2.06 bits per heavy atom. The lowest BCUT2D eigenvalue weighted by atomic mass is 9.83. The highest BCUT2D eigenvalue weighted by atomic mass is 16.4. The van der Waals surface area contributed by atoms with Crippen LogP contribution in [0.4, 0.5) is 0 Å². The van der Waals surface area contributed by atoms with E-state index in [-0.39, 0.29) is 5.92 Å². The van der Waals surface area contributed by atoms with Gasteiger partial charge in [-0.3, -0.25) is 4.79 Å². The van der Waals surface area contributed by atoms with E-state index in [0.29, 0.717) is 0 Å². The third-order valence-corrected chi connectivity index (χ3v) is 3.92. The smallest absolute Gasteiger partial charge is 0.310 e. The standard InChI is InChI=1S/C16H24O2/c1-6-7-8-14(16(17)18)15-12(4)10(2)9-11(3)13(15)5/h9,14H,6-8H2,1-5H3,(H,17,18). The molecule has 2 heteroatoms. The van der Waals surface area contributed by atoms with E-state index in [9.17, 15) is 9.90 Å². The topological polar surface area (TPSA) is 37.3 Å². The predicted octanol–water partition coefficient (Wildman–Crippen LogP) is 4.28. The summed E-state index contributed by atoms with van der Waals surface area (Å²) in [7, 11) is 0. The van der Waals surface area contributed by atoms with Gasteiger partial charge in [0.15, 0.2) is 0 Å². The molecule has 1 N–H and O–H groups in total. The maximum atomic E-state index is 11.5. The number of hydrogen-bond donors (Lipinski definition) is 1. The Balaban J connectivity index is 3.31. The van der Waals surface area contributed by atoms with E-state index < -0.39 is 5.97 Å². The minimum atomic E-state index is -0.695. The Morgan fingerprint density at radius 2 is 1.67 bits per heavy atom. The molecule has 2 nitrogen and oxygen atoms in total. The maximum absolute atomic E-state index is 11.5. The first kappa shape index (κ1) is 14.7. The predicted molar refractivity (Wildman–Crippen MR) is 75.3 cm³/mol.